The predicted octanol–water partition coefficient (Wildman–Crippen LogP) is 3.39. The molecule has 2 aliphatic rings. The Bertz CT molecular complexity index is 1190. The number of anilines is 3. The van der Waals surface area contributed by atoms with Gasteiger partial charge in [-0.05, 0) is 57.1 Å². The van der Waals surface area contributed by atoms with Crippen molar-refractivity contribution in [2.75, 3.05) is 10.6 Å². The molecule has 0 unspecified atom stereocenters. The first-order valence-corrected chi connectivity index (χ1v) is 11.6. The van der Waals surface area contributed by atoms with Gasteiger partial charge in [0.25, 0.3) is 0 Å². The fourth-order valence-electron chi connectivity index (χ4n) is 5.02. The van der Waals surface area contributed by atoms with Crippen LogP contribution in [-0.4, -0.2) is 42.7 Å². The molecule has 1 aromatic carbocycles. The molecule has 0 saturated heterocycles. The van der Waals surface area contributed by atoms with Gasteiger partial charge in [0.05, 0.1) is 18.3 Å². The molecule has 9 nitrogen and oxygen atoms in total. The van der Waals surface area contributed by atoms with Crippen LogP contribution in [0.1, 0.15) is 51.0 Å². The monoisotopic (exact) mass is 471 g/mol. The maximum atomic E-state index is 14.4. The SMILES string of the molecule is NC(=O)C1CCC(n2c(Nc3c(F)cccc3F)nc3cnc(N[C@@H]4CCC[C@H]4O)nc32)CC1. The second-order valence-electron chi connectivity index (χ2n) is 9.09. The van der Waals surface area contributed by atoms with Crippen molar-refractivity contribution in [2.45, 2.75) is 63.1 Å². The third-order valence-electron chi connectivity index (χ3n) is 6.89. The Morgan fingerprint density at radius 2 is 1.82 bits per heavy atom. The smallest absolute Gasteiger partial charge is 0.225 e. The summed E-state index contributed by atoms with van der Waals surface area (Å²) in [6.07, 6.45) is 6.06. The zero-order chi connectivity index (χ0) is 23.8. The average molecular weight is 472 g/mol. The summed E-state index contributed by atoms with van der Waals surface area (Å²) in [5.41, 5.74) is 6.17. The van der Waals surface area contributed by atoms with Gasteiger partial charge >= 0.3 is 0 Å². The normalized spacial score (nSPS) is 24.9. The number of halogens is 2. The van der Waals surface area contributed by atoms with Crippen LogP contribution in [0, 0.1) is 17.6 Å². The van der Waals surface area contributed by atoms with Gasteiger partial charge in [-0.3, -0.25) is 9.36 Å². The summed E-state index contributed by atoms with van der Waals surface area (Å²) in [4.78, 5) is 25.2. The molecule has 2 atom stereocenters. The lowest BCUT2D eigenvalue weighted by atomic mass is 9.85. The fraction of sp³-hybridized carbons (Fsp3) is 0.478. The van der Waals surface area contributed by atoms with E-state index >= 15 is 0 Å². The van der Waals surface area contributed by atoms with Crippen LogP contribution in [-0.2, 0) is 4.79 Å². The molecule has 3 aromatic rings. The molecule has 0 aliphatic heterocycles. The number of amides is 1. The van der Waals surface area contributed by atoms with Crippen molar-refractivity contribution < 1.29 is 18.7 Å². The van der Waals surface area contributed by atoms with E-state index in [0.717, 1.165) is 19.3 Å². The molecule has 2 saturated carbocycles. The lowest BCUT2D eigenvalue weighted by molar-refractivity contribution is -0.122. The van der Waals surface area contributed by atoms with E-state index in [1.165, 1.54) is 18.2 Å². The second-order valence-corrected chi connectivity index (χ2v) is 9.09. The number of nitrogens with one attached hydrogen (secondary N) is 2. The van der Waals surface area contributed by atoms with E-state index in [2.05, 4.69) is 25.6 Å². The highest BCUT2D eigenvalue weighted by Gasteiger charge is 2.30. The molecule has 180 valence electrons. The molecule has 5 rings (SSSR count). The molecule has 0 spiro atoms. The van der Waals surface area contributed by atoms with Crippen LogP contribution in [0.15, 0.2) is 24.4 Å². The number of fused-ring (bicyclic) bond motifs is 1. The van der Waals surface area contributed by atoms with Crippen LogP contribution in [0.5, 0.6) is 0 Å². The molecule has 5 N–H and O–H groups in total. The molecular weight excluding hydrogens is 444 g/mol. The Balaban J connectivity index is 1.53. The molecule has 2 heterocycles. The molecule has 1 amide bonds. The van der Waals surface area contributed by atoms with Crippen molar-refractivity contribution in [2.24, 2.45) is 11.7 Å². The van der Waals surface area contributed by atoms with E-state index in [1.54, 1.807) is 6.20 Å². The number of benzene rings is 1. The van der Waals surface area contributed by atoms with Crippen LogP contribution >= 0.6 is 0 Å². The van der Waals surface area contributed by atoms with Gasteiger partial charge in [0.1, 0.15) is 22.8 Å². The molecule has 0 radical (unpaired) electrons. The number of rotatable bonds is 6. The van der Waals surface area contributed by atoms with Crippen LogP contribution in [0.3, 0.4) is 0 Å². The number of aliphatic hydroxyl groups excluding tert-OH is 1. The molecular formula is C23H27F2N7O2. The number of para-hydroxylation sites is 1. The highest BCUT2D eigenvalue weighted by atomic mass is 19.1. The van der Waals surface area contributed by atoms with E-state index in [-0.39, 0.29) is 35.5 Å². The van der Waals surface area contributed by atoms with E-state index in [1.807, 2.05) is 4.57 Å². The molecule has 34 heavy (non-hydrogen) atoms. The number of nitrogens with two attached hydrogens (primary N) is 1. The summed E-state index contributed by atoms with van der Waals surface area (Å²) in [6.45, 7) is 0. The van der Waals surface area contributed by atoms with Gasteiger partial charge < -0.3 is 21.5 Å². The summed E-state index contributed by atoms with van der Waals surface area (Å²) in [7, 11) is 0. The van der Waals surface area contributed by atoms with Crippen molar-refractivity contribution in [3.8, 4) is 0 Å². The Morgan fingerprint density at radius 1 is 1.09 bits per heavy atom. The van der Waals surface area contributed by atoms with Gasteiger partial charge in [-0.15, -0.1) is 0 Å². The predicted molar refractivity (Wildman–Crippen MR) is 122 cm³/mol. The Labute approximate surface area is 194 Å². The van der Waals surface area contributed by atoms with Gasteiger partial charge in [0.15, 0.2) is 5.65 Å². The highest BCUT2D eigenvalue weighted by molar-refractivity contribution is 5.78. The number of aromatic nitrogens is 4. The van der Waals surface area contributed by atoms with Crippen LogP contribution < -0.4 is 16.4 Å². The van der Waals surface area contributed by atoms with Crippen molar-refractivity contribution in [3.63, 3.8) is 0 Å². The number of carbonyl (C=O) groups is 1. The van der Waals surface area contributed by atoms with Crippen molar-refractivity contribution >= 4 is 34.7 Å². The van der Waals surface area contributed by atoms with E-state index in [9.17, 15) is 18.7 Å². The molecule has 2 fully saturated rings. The van der Waals surface area contributed by atoms with Crippen LogP contribution in [0.25, 0.3) is 11.2 Å². The van der Waals surface area contributed by atoms with Gasteiger partial charge in [0.2, 0.25) is 17.8 Å². The standard InChI is InChI=1S/C23H27F2N7O2/c24-14-3-1-4-15(25)19(14)30-23-29-17-11-27-22(28-16-5-2-6-18(16)33)31-21(17)32(23)13-9-7-12(8-10-13)20(26)34/h1,3-4,11-13,16,18,33H,2,5-10H2,(H2,26,34)(H,29,30)(H,27,28,31)/t12?,13?,16-,18-/m1/s1. The van der Waals surface area contributed by atoms with Gasteiger partial charge in [-0.2, -0.15) is 4.98 Å². The van der Waals surface area contributed by atoms with Crippen molar-refractivity contribution in [3.05, 3.63) is 36.0 Å². The molecule has 11 heteroatoms. The van der Waals surface area contributed by atoms with Crippen LogP contribution in [0.2, 0.25) is 0 Å². The zero-order valence-corrected chi connectivity index (χ0v) is 18.5. The number of carbonyl (C=O) groups excluding carboxylic acids is 1. The largest absolute Gasteiger partial charge is 0.391 e. The van der Waals surface area contributed by atoms with Gasteiger partial charge in [0, 0.05) is 12.0 Å². The van der Waals surface area contributed by atoms with Crippen molar-refractivity contribution in [1.29, 1.82) is 0 Å². The third-order valence-corrected chi connectivity index (χ3v) is 6.89. The second kappa shape index (κ2) is 9.13. The van der Waals surface area contributed by atoms with Crippen LogP contribution in [0.4, 0.5) is 26.4 Å². The average Bonchev–Trinajstić information content (AvgIpc) is 3.39. The quantitative estimate of drug-likeness (QED) is 0.433. The first-order chi connectivity index (χ1) is 16.4. The summed E-state index contributed by atoms with van der Waals surface area (Å²) in [5.74, 6) is -1.38. The van der Waals surface area contributed by atoms with E-state index < -0.39 is 17.7 Å². The van der Waals surface area contributed by atoms with E-state index in [0.29, 0.717) is 42.8 Å². The van der Waals surface area contributed by atoms with Gasteiger partial charge in [-0.25, -0.2) is 18.7 Å². The molecule has 2 aromatic heterocycles. The number of aliphatic hydroxyl groups is 1. The summed E-state index contributed by atoms with van der Waals surface area (Å²) >= 11 is 0. The topological polar surface area (TPSA) is 131 Å². The lowest BCUT2D eigenvalue weighted by Gasteiger charge is -2.29. The Hall–Kier alpha value is -3.34. The summed E-state index contributed by atoms with van der Waals surface area (Å²) in [5, 5.41) is 16.2. The maximum Gasteiger partial charge on any atom is 0.225 e. The number of nitrogens with zero attached hydrogens (tertiary/aromatic N) is 4. The van der Waals surface area contributed by atoms with E-state index in [4.69, 9.17) is 5.73 Å². The Kier molecular flexibility index (Phi) is 6.03. The Morgan fingerprint density at radius 3 is 2.47 bits per heavy atom. The zero-order valence-electron chi connectivity index (χ0n) is 18.5. The summed E-state index contributed by atoms with van der Waals surface area (Å²) < 4.78 is 30.6. The minimum absolute atomic E-state index is 0.0993. The first-order valence-electron chi connectivity index (χ1n) is 11.6. The molecule has 2 aliphatic carbocycles. The van der Waals surface area contributed by atoms with Gasteiger partial charge in [-0.1, -0.05) is 6.07 Å². The number of hydrogen-bond acceptors (Lipinski definition) is 7. The number of primary amides is 1. The van der Waals surface area contributed by atoms with Crippen molar-refractivity contribution in [1.82, 2.24) is 19.5 Å². The number of hydrogen-bond donors (Lipinski definition) is 4. The minimum Gasteiger partial charge on any atom is -0.391 e. The fourth-order valence-corrected chi connectivity index (χ4v) is 5.02. The summed E-state index contributed by atoms with van der Waals surface area (Å²) in [6, 6.07) is 3.41. The lowest BCUT2D eigenvalue weighted by Crippen LogP contribution is -2.29. The minimum atomic E-state index is -0.736. The number of imidazole rings is 1. The maximum absolute atomic E-state index is 14.4. The first kappa shape index (κ1) is 22.5. The highest BCUT2D eigenvalue weighted by Crippen LogP contribution is 2.37. The molecule has 0 bridgehead atoms. The third kappa shape index (κ3) is 4.27.